The average Bonchev–Trinajstić information content (AvgIpc) is 2.96. The van der Waals surface area contributed by atoms with Crippen molar-refractivity contribution in [2.24, 2.45) is 18.9 Å². The van der Waals surface area contributed by atoms with Crippen molar-refractivity contribution in [2.75, 3.05) is 20.2 Å². The minimum atomic E-state index is -0.898. The Morgan fingerprint density at radius 2 is 2.13 bits per heavy atom. The fourth-order valence-corrected chi connectivity index (χ4v) is 6.76. The van der Waals surface area contributed by atoms with Crippen LogP contribution in [-0.2, 0) is 28.4 Å². The Morgan fingerprint density at radius 3 is 2.83 bits per heavy atom. The van der Waals surface area contributed by atoms with Crippen LogP contribution in [-0.4, -0.2) is 52.9 Å². The largest absolute Gasteiger partial charge is 0.513 e. The van der Waals surface area contributed by atoms with Gasteiger partial charge in [0.15, 0.2) is 0 Å². The van der Waals surface area contributed by atoms with Crippen LogP contribution in [0.3, 0.4) is 0 Å². The van der Waals surface area contributed by atoms with E-state index < -0.39 is 17.5 Å². The van der Waals surface area contributed by atoms with Crippen LogP contribution < -0.4 is 4.74 Å². The van der Waals surface area contributed by atoms with Crippen LogP contribution in [0, 0.1) is 11.8 Å². The van der Waals surface area contributed by atoms with Gasteiger partial charge in [0.05, 0.1) is 7.11 Å². The molecule has 1 aromatic heterocycles. The highest BCUT2D eigenvalue weighted by molar-refractivity contribution is 5.92. The molecule has 1 saturated carbocycles. The van der Waals surface area contributed by atoms with Crippen molar-refractivity contribution in [2.45, 2.75) is 44.1 Å². The number of carbonyl (C=O) groups is 2. The molecule has 4 heterocycles. The number of nitrogens with zero attached hydrogens (tertiary/aromatic N) is 2. The van der Waals surface area contributed by atoms with E-state index in [2.05, 4.69) is 21.1 Å². The molecule has 6 rings (SSSR count). The molecule has 2 aromatic rings. The first-order valence-corrected chi connectivity index (χ1v) is 10.8. The number of carboxylic acid groups (broad SMARTS) is 1. The molecule has 2 saturated heterocycles. The number of piperidine rings is 2. The highest BCUT2D eigenvalue weighted by Crippen LogP contribution is 2.55. The van der Waals surface area contributed by atoms with Crippen molar-refractivity contribution < 1.29 is 24.2 Å². The Balaban J connectivity index is 1.74. The number of fused-ring (bicyclic) bond motifs is 4. The number of ether oxygens (including phenoxy) is 2. The first-order valence-electron chi connectivity index (χ1n) is 10.8. The number of hydrogen-bond acceptors (Lipinski definition) is 5. The van der Waals surface area contributed by atoms with Crippen LogP contribution in [0.25, 0.3) is 10.9 Å². The van der Waals surface area contributed by atoms with Gasteiger partial charge in [0.2, 0.25) is 0 Å². The summed E-state index contributed by atoms with van der Waals surface area (Å²) in [6.07, 6.45) is 2.86. The summed E-state index contributed by atoms with van der Waals surface area (Å²) < 4.78 is 11.9. The highest BCUT2D eigenvalue weighted by Gasteiger charge is 2.62. The lowest BCUT2D eigenvalue weighted by molar-refractivity contribution is -0.158. The van der Waals surface area contributed by atoms with Gasteiger partial charge in [-0.05, 0) is 54.9 Å². The first-order chi connectivity index (χ1) is 14.4. The Hall–Kier alpha value is -2.54. The zero-order valence-electron chi connectivity index (χ0n) is 17.7. The Labute approximate surface area is 175 Å². The lowest BCUT2D eigenvalue weighted by atomic mass is 9.56. The molecule has 30 heavy (non-hydrogen) atoms. The van der Waals surface area contributed by atoms with E-state index in [0.717, 1.165) is 54.5 Å². The van der Waals surface area contributed by atoms with Crippen molar-refractivity contribution >= 4 is 23.0 Å². The highest BCUT2D eigenvalue weighted by atomic mass is 16.7. The van der Waals surface area contributed by atoms with Crippen LogP contribution in [0.15, 0.2) is 18.2 Å². The monoisotopic (exact) mass is 412 g/mol. The number of methoxy groups -OCH3 is 1. The minimum absolute atomic E-state index is 0.0278. The minimum Gasteiger partial charge on any atom is -0.480 e. The zero-order valence-corrected chi connectivity index (χ0v) is 17.7. The van der Waals surface area contributed by atoms with Gasteiger partial charge < -0.3 is 19.1 Å². The summed E-state index contributed by atoms with van der Waals surface area (Å²) in [6.45, 7) is 4.05. The third-order valence-corrected chi connectivity index (χ3v) is 7.71. The molecule has 0 spiro atoms. The van der Waals surface area contributed by atoms with Crippen molar-refractivity contribution in [1.82, 2.24) is 9.47 Å². The van der Waals surface area contributed by atoms with E-state index in [1.54, 1.807) is 6.07 Å². The maximum atomic E-state index is 13.0. The molecular formula is C23H28N2O5. The van der Waals surface area contributed by atoms with E-state index in [9.17, 15) is 14.7 Å². The topological polar surface area (TPSA) is 81.0 Å². The Kier molecular flexibility index (Phi) is 4.36. The normalized spacial score (nSPS) is 31.8. The average molecular weight is 412 g/mol. The summed E-state index contributed by atoms with van der Waals surface area (Å²) >= 11 is 0. The summed E-state index contributed by atoms with van der Waals surface area (Å²) in [5, 5.41) is 11.6. The molecule has 4 bridgehead atoms. The van der Waals surface area contributed by atoms with Crippen molar-refractivity contribution in [3.63, 3.8) is 0 Å². The number of rotatable bonds is 3. The zero-order chi connectivity index (χ0) is 21.2. The number of aromatic nitrogens is 1. The van der Waals surface area contributed by atoms with Gasteiger partial charge in [-0.1, -0.05) is 13.3 Å². The molecule has 1 aliphatic carbocycles. The number of aliphatic carboxylic acids is 1. The molecule has 160 valence electrons. The number of benzene rings is 1. The van der Waals surface area contributed by atoms with E-state index in [1.165, 1.54) is 7.11 Å². The molecule has 5 atom stereocenters. The molecule has 1 N–H and O–H groups in total. The lowest BCUT2D eigenvalue weighted by Crippen LogP contribution is -2.67. The van der Waals surface area contributed by atoms with Crippen molar-refractivity contribution in [3.05, 3.63) is 29.5 Å². The third kappa shape index (κ3) is 2.47. The molecular weight excluding hydrogens is 384 g/mol. The molecule has 3 fully saturated rings. The Bertz CT molecular complexity index is 1040. The second-order valence-electron chi connectivity index (χ2n) is 9.06. The van der Waals surface area contributed by atoms with E-state index in [0.29, 0.717) is 24.0 Å². The fraction of sp³-hybridized carbons (Fsp3) is 0.565. The predicted octanol–water partition coefficient (Wildman–Crippen LogP) is 3.32. The summed E-state index contributed by atoms with van der Waals surface area (Å²) in [5.74, 6) is 0.516. The molecule has 7 heteroatoms. The van der Waals surface area contributed by atoms with Gasteiger partial charge in [-0.3, -0.25) is 9.69 Å². The van der Waals surface area contributed by atoms with Crippen molar-refractivity contribution in [3.8, 4) is 5.75 Å². The molecule has 1 aromatic carbocycles. The lowest BCUT2D eigenvalue weighted by Gasteiger charge is -2.57. The van der Waals surface area contributed by atoms with E-state index in [1.807, 2.05) is 19.2 Å². The molecule has 0 amide bonds. The van der Waals surface area contributed by atoms with Crippen molar-refractivity contribution in [1.29, 1.82) is 0 Å². The quantitative estimate of drug-likeness (QED) is 0.615. The second-order valence-corrected chi connectivity index (χ2v) is 9.06. The van der Waals surface area contributed by atoms with Crippen LogP contribution in [0.4, 0.5) is 4.79 Å². The van der Waals surface area contributed by atoms with E-state index >= 15 is 0 Å². The van der Waals surface area contributed by atoms with Crippen LogP contribution in [0.1, 0.15) is 37.4 Å². The van der Waals surface area contributed by atoms with Crippen LogP contribution >= 0.6 is 0 Å². The number of carbonyl (C=O) groups excluding carboxylic acids is 1. The van der Waals surface area contributed by atoms with Crippen LogP contribution in [0.2, 0.25) is 0 Å². The van der Waals surface area contributed by atoms with E-state index in [-0.39, 0.29) is 6.04 Å². The maximum Gasteiger partial charge on any atom is 0.513 e. The van der Waals surface area contributed by atoms with Gasteiger partial charge in [-0.15, -0.1) is 0 Å². The number of carboxylic acids is 1. The maximum absolute atomic E-state index is 13.0. The Morgan fingerprint density at radius 1 is 1.33 bits per heavy atom. The van der Waals surface area contributed by atoms with Gasteiger partial charge in [0.25, 0.3) is 0 Å². The molecule has 7 nitrogen and oxygen atoms in total. The number of hydrogen-bond donors (Lipinski definition) is 1. The predicted molar refractivity (Wildman–Crippen MR) is 111 cm³/mol. The van der Waals surface area contributed by atoms with Gasteiger partial charge in [-0.25, -0.2) is 4.79 Å². The molecule has 0 radical (unpaired) electrons. The second kappa shape index (κ2) is 6.74. The third-order valence-electron chi connectivity index (χ3n) is 7.71. The first kappa shape index (κ1) is 19.4. The fourth-order valence-electron chi connectivity index (χ4n) is 6.76. The van der Waals surface area contributed by atoms with Gasteiger partial charge >= 0.3 is 12.1 Å². The summed E-state index contributed by atoms with van der Waals surface area (Å²) in [7, 11) is 3.26. The van der Waals surface area contributed by atoms with Crippen LogP contribution in [0.5, 0.6) is 5.75 Å². The molecule has 4 aliphatic rings. The number of aryl methyl sites for hydroxylation is 1. The summed E-state index contributed by atoms with van der Waals surface area (Å²) in [4.78, 5) is 27.0. The standard InChI is InChI=1S/C23H28N2O5/c1-4-14-9-13-11-23(21(26)27)19(14)25(12-13)8-7-16-17-10-15(30-22(28)29-3)5-6-18(17)24(2)20(16)23/h5-6,10,13-14,19H,4,7-9,11-12H2,1-3H3,(H,26,27)/t13?,14?,19?,23-/m0/s1. The molecule has 4 unspecified atom stereocenters. The molecule has 3 aliphatic heterocycles. The van der Waals surface area contributed by atoms with Gasteiger partial charge in [-0.2, -0.15) is 0 Å². The SMILES string of the molecule is CCC1CC2CN3CCc4c(n(C)c5ccc(OC(=O)OC)cc45)[C@](C(=O)O)(C2)C13. The van der Waals surface area contributed by atoms with Gasteiger partial charge in [0.1, 0.15) is 11.2 Å². The smallest absolute Gasteiger partial charge is 0.480 e. The van der Waals surface area contributed by atoms with Gasteiger partial charge in [0, 0.05) is 42.8 Å². The van der Waals surface area contributed by atoms with E-state index in [4.69, 9.17) is 4.74 Å². The summed E-state index contributed by atoms with van der Waals surface area (Å²) in [5.41, 5.74) is 2.09. The summed E-state index contributed by atoms with van der Waals surface area (Å²) in [6, 6.07) is 5.52.